The van der Waals surface area contributed by atoms with Crippen molar-refractivity contribution >= 4 is 33.1 Å². The van der Waals surface area contributed by atoms with E-state index in [-0.39, 0.29) is 5.75 Å². The van der Waals surface area contributed by atoms with Gasteiger partial charge in [0.15, 0.2) is 0 Å². The molecule has 2 aromatic heterocycles. The summed E-state index contributed by atoms with van der Waals surface area (Å²) in [6.07, 6.45) is 0. The molecule has 0 radical (unpaired) electrons. The summed E-state index contributed by atoms with van der Waals surface area (Å²) in [5.41, 5.74) is 3.20. The van der Waals surface area contributed by atoms with Crippen LogP contribution in [0.1, 0.15) is 10.7 Å². The number of aryl methyl sites for hydroxylation is 2. The molecule has 4 rings (SSSR count). The molecular formula is C20H17N3OS. The second-order valence-corrected chi connectivity index (χ2v) is 7.07. The Labute approximate surface area is 149 Å². The summed E-state index contributed by atoms with van der Waals surface area (Å²) >= 11 is 1.68. The molecule has 0 unspecified atom stereocenters. The molecule has 0 fully saturated rings. The lowest BCUT2D eigenvalue weighted by Gasteiger charge is -2.10. The molecule has 0 aliphatic heterocycles. The van der Waals surface area contributed by atoms with Crippen molar-refractivity contribution in [2.45, 2.75) is 13.8 Å². The largest absolute Gasteiger partial charge is 0.508 e. The monoisotopic (exact) mass is 347 g/mol. The highest BCUT2D eigenvalue weighted by atomic mass is 32.1. The number of thiophene rings is 1. The minimum Gasteiger partial charge on any atom is -0.508 e. The highest BCUT2D eigenvalue weighted by molar-refractivity contribution is 7.19. The number of benzene rings is 2. The van der Waals surface area contributed by atoms with Crippen LogP contribution in [0.2, 0.25) is 0 Å². The summed E-state index contributed by atoms with van der Waals surface area (Å²) in [5, 5.41) is 13.9. The molecule has 2 aromatic carbocycles. The standard InChI is InChI=1S/C20H17N3OS/c1-12-17(14-6-4-3-5-7-14)18-19(21-13(2)22-20(18)25-12)23-15-8-10-16(24)11-9-15/h3-11,24H,1-2H3,(H,21,22,23). The van der Waals surface area contributed by atoms with E-state index in [1.165, 1.54) is 10.4 Å². The third kappa shape index (κ3) is 2.94. The first-order chi connectivity index (χ1) is 12.1. The molecular weight excluding hydrogens is 330 g/mol. The van der Waals surface area contributed by atoms with E-state index < -0.39 is 0 Å². The van der Waals surface area contributed by atoms with Crippen LogP contribution in [0.3, 0.4) is 0 Å². The molecule has 0 aliphatic carbocycles. The van der Waals surface area contributed by atoms with E-state index in [4.69, 9.17) is 0 Å². The van der Waals surface area contributed by atoms with E-state index in [0.717, 1.165) is 33.1 Å². The smallest absolute Gasteiger partial charge is 0.143 e. The van der Waals surface area contributed by atoms with Gasteiger partial charge in [-0.2, -0.15) is 0 Å². The number of anilines is 2. The zero-order valence-corrected chi connectivity index (χ0v) is 14.8. The van der Waals surface area contributed by atoms with Crippen LogP contribution in [-0.2, 0) is 0 Å². The van der Waals surface area contributed by atoms with Crippen molar-refractivity contribution in [3.63, 3.8) is 0 Å². The second kappa shape index (κ2) is 6.18. The first-order valence-electron chi connectivity index (χ1n) is 8.01. The quantitative estimate of drug-likeness (QED) is 0.486. The Kier molecular flexibility index (Phi) is 3.86. The predicted molar refractivity (Wildman–Crippen MR) is 104 cm³/mol. The number of rotatable bonds is 3. The van der Waals surface area contributed by atoms with Gasteiger partial charge in [0.25, 0.3) is 0 Å². The second-order valence-electron chi connectivity index (χ2n) is 5.87. The van der Waals surface area contributed by atoms with Gasteiger partial charge in [-0.1, -0.05) is 30.3 Å². The van der Waals surface area contributed by atoms with Gasteiger partial charge < -0.3 is 10.4 Å². The molecule has 5 heteroatoms. The summed E-state index contributed by atoms with van der Waals surface area (Å²) in [4.78, 5) is 11.5. The van der Waals surface area contributed by atoms with Crippen molar-refractivity contribution in [1.82, 2.24) is 9.97 Å². The summed E-state index contributed by atoms with van der Waals surface area (Å²) in [7, 11) is 0. The minimum absolute atomic E-state index is 0.242. The van der Waals surface area contributed by atoms with Crippen LogP contribution in [0.25, 0.3) is 21.3 Å². The van der Waals surface area contributed by atoms with Gasteiger partial charge >= 0.3 is 0 Å². The average Bonchev–Trinajstić information content (AvgIpc) is 2.93. The van der Waals surface area contributed by atoms with E-state index in [0.29, 0.717) is 0 Å². The number of fused-ring (bicyclic) bond motifs is 1. The normalized spacial score (nSPS) is 11.0. The molecule has 25 heavy (non-hydrogen) atoms. The highest BCUT2D eigenvalue weighted by Crippen LogP contribution is 2.41. The fourth-order valence-electron chi connectivity index (χ4n) is 2.94. The summed E-state index contributed by atoms with van der Waals surface area (Å²) in [6, 6.07) is 17.3. The van der Waals surface area contributed by atoms with Crippen LogP contribution in [-0.4, -0.2) is 15.1 Å². The summed E-state index contributed by atoms with van der Waals surface area (Å²) < 4.78 is 0. The van der Waals surface area contributed by atoms with Gasteiger partial charge in [-0.05, 0) is 43.7 Å². The SMILES string of the molecule is Cc1nc(Nc2ccc(O)cc2)c2c(-c3ccccc3)c(C)sc2n1. The molecule has 4 aromatic rings. The Morgan fingerprint density at radius 1 is 0.920 bits per heavy atom. The lowest BCUT2D eigenvalue weighted by molar-refractivity contribution is 0.475. The molecule has 2 heterocycles. The molecule has 0 atom stereocenters. The Morgan fingerprint density at radius 2 is 1.64 bits per heavy atom. The number of aromatic nitrogens is 2. The highest BCUT2D eigenvalue weighted by Gasteiger charge is 2.17. The maximum atomic E-state index is 9.48. The van der Waals surface area contributed by atoms with Crippen LogP contribution < -0.4 is 5.32 Å². The minimum atomic E-state index is 0.242. The van der Waals surface area contributed by atoms with Crippen molar-refractivity contribution in [3.8, 4) is 16.9 Å². The Hall–Kier alpha value is -2.92. The topological polar surface area (TPSA) is 58.0 Å². The number of hydrogen-bond acceptors (Lipinski definition) is 5. The van der Waals surface area contributed by atoms with Gasteiger partial charge in [0, 0.05) is 16.1 Å². The number of nitrogens with zero attached hydrogens (tertiary/aromatic N) is 2. The number of aromatic hydroxyl groups is 1. The number of phenols is 1. The third-order valence-corrected chi connectivity index (χ3v) is 5.03. The fraction of sp³-hybridized carbons (Fsp3) is 0.100. The predicted octanol–water partition coefficient (Wildman–Crippen LogP) is 5.42. The molecule has 0 amide bonds. The number of phenolic OH excluding ortho intramolecular Hbond substituents is 1. The molecule has 0 saturated carbocycles. The van der Waals surface area contributed by atoms with Crippen LogP contribution in [0.4, 0.5) is 11.5 Å². The van der Waals surface area contributed by atoms with Gasteiger partial charge in [0.2, 0.25) is 0 Å². The van der Waals surface area contributed by atoms with Crippen LogP contribution in [0.5, 0.6) is 5.75 Å². The lowest BCUT2D eigenvalue weighted by Crippen LogP contribution is -1.98. The van der Waals surface area contributed by atoms with Gasteiger partial charge in [0.05, 0.1) is 5.39 Å². The van der Waals surface area contributed by atoms with E-state index in [9.17, 15) is 5.11 Å². The Balaban J connectivity index is 1.92. The zero-order valence-electron chi connectivity index (χ0n) is 13.9. The van der Waals surface area contributed by atoms with Gasteiger partial charge in [0.1, 0.15) is 22.2 Å². The maximum Gasteiger partial charge on any atom is 0.143 e. The molecule has 0 spiro atoms. The van der Waals surface area contributed by atoms with Crippen LogP contribution in [0.15, 0.2) is 54.6 Å². The van der Waals surface area contributed by atoms with E-state index in [2.05, 4.69) is 34.3 Å². The third-order valence-electron chi connectivity index (χ3n) is 4.03. The van der Waals surface area contributed by atoms with Crippen LogP contribution in [0, 0.1) is 13.8 Å². The number of nitrogens with one attached hydrogen (secondary N) is 1. The molecule has 2 N–H and O–H groups in total. The van der Waals surface area contributed by atoms with Crippen molar-refractivity contribution in [3.05, 3.63) is 65.3 Å². The Morgan fingerprint density at radius 3 is 2.36 bits per heavy atom. The number of hydrogen-bond donors (Lipinski definition) is 2. The summed E-state index contributed by atoms with van der Waals surface area (Å²) in [5.74, 6) is 1.76. The fourth-order valence-corrected chi connectivity index (χ4v) is 4.03. The molecule has 124 valence electrons. The Bertz CT molecular complexity index is 1040. The zero-order chi connectivity index (χ0) is 17.4. The van der Waals surface area contributed by atoms with Gasteiger partial charge in [-0.3, -0.25) is 0 Å². The van der Waals surface area contributed by atoms with Crippen molar-refractivity contribution < 1.29 is 5.11 Å². The van der Waals surface area contributed by atoms with Crippen molar-refractivity contribution in [2.75, 3.05) is 5.32 Å². The van der Waals surface area contributed by atoms with Crippen LogP contribution >= 0.6 is 11.3 Å². The first kappa shape index (κ1) is 15.6. The lowest BCUT2D eigenvalue weighted by atomic mass is 10.0. The molecule has 0 saturated heterocycles. The van der Waals surface area contributed by atoms with Gasteiger partial charge in [-0.15, -0.1) is 11.3 Å². The van der Waals surface area contributed by atoms with E-state index >= 15 is 0 Å². The average molecular weight is 347 g/mol. The molecule has 4 nitrogen and oxygen atoms in total. The summed E-state index contributed by atoms with van der Waals surface area (Å²) in [6.45, 7) is 4.02. The maximum absolute atomic E-state index is 9.48. The van der Waals surface area contributed by atoms with Crippen molar-refractivity contribution in [1.29, 1.82) is 0 Å². The van der Waals surface area contributed by atoms with E-state index in [1.807, 2.05) is 37.3 Å². The first-order valence-corrected chi connectivity index (χ1v) is 8.82. The van der Waals surface area contributed by atoms with E-state index in [1.54, 1.807) is 23.5 Å². The molecule has 0 aliphatic rings. The molecule has 0 bridgehead atoms. The van der Waals surface area contributed by atoms with Crippen molar-refractivity contribution in [2.24, 2.45) is 0 Å². The van der Waals surface area contributed by atoms with Gasteiger partial charge in [-0.25, -0.2) is 9.97 Å².